The molecule has 3 rings (SSSR count). The van der Waals surface area contributed by atoms with E-state index < -0.39 is 11.9 Å². The average Bonchev–Trinajstić information content (AvgIpc) is 2.54. The Labute approximate surface area is 140 Å². The summed E-state index contributed by atoms with van der Waals surface area (Å²) in [5, 5.41) is 12.2. The summed E-state index contributed by atoms with van der Waals surface area (Å²) in [7, 11) is 0. The lowest BCUT2D eigenvalue weighted by Crippen LogP contribution is -2.50. The van der Waals surface area contributed by atoms with Gasteiger partial charge in [0.05, 0.1) is 12.0 Å². The Morgan fingerprint density at radius 1 is 1.33 bits per heavy atom. The molecule has 0 aromatic heterocycles. The molecule has 130 valence electrons. The van der Waals surface area contributed by atoms with Crippen molar-refractivity contribution in [2.75, 3.05) is 13.1 Å². The van der Waals surface area contributed by atoms with E-state index in [1.165, 1.54) is 12.1 Å². The maximum absolute atomic E-state index is 13.6. The van der Waals surface area contributed by atoms with Crippen LogP contribution in [0.1, 0.15) is 43.4 Å². The lowest BCUT2D eigenvalue weighted by molar-refractivity contribution is -0.143. The maximum Gasteiger partial charge on any atom is 0.317 e. The number of carboxylic acid groups (broad SMARTS) is 1. The predicted octanol–water partition coefficient (Wildman–Crippen LogP) is 2.96. The lowest BCUT2D eigenvalue weighted by atomic mass is 9.87. The fraction of sp³-hybridized carbons (Fsp3) is 0.556. The number of fused-ring (bicyclic) bond motifs is 1. The number of aliphatic carboxylic acids is 1. The fourth-order valence-electron chi connectivity index (χ4n) is 3.86. The molecule has 2 unspecified atom stereocenters. The number of aryl methyl sites for hydroxylation is 1. The Balaban J connectivity index is 1.71. The number of carbonyl (C=O) groups is 2. The number of piperidine rings is 1. The molecule has 0 spiro atoms. The van der Waals surface area contributed by atoms with Crippen LogP contribution in [0.25, 0.3) is 0 Å². The van der Waals surface area contributed by atoms with Gasteiger partial charge in [-0.15, -0.1) is 0 Å². The first-order valence-electron chi connectivity index (χ1n) is 8.50. The highest BCUT2D eigenvalue weighted by Gasteiger charge is 2.33. The molecular weight excluding hydrogens is 311 g/mol. The Kier molecular flexibility index (Phi) is 4.73. The molecule has 1 heterocycles. The zero-order valence-corrected chi connectivity index (χ0v) is 13.8. The van der Waals surface area contributed by atoms with Crippen LogP contribution >= 0.6 is 0 Å². The summed E-state index contributed by atoms with van der Waals surface area (Å²) in [6.45, 7) is 2.74. The Hall–Kier alpha value is -2.11. The predicted molar refractivity (Wildman–Crippen MR) is 87.1 cm³/mol. The van der Waals surface area contributed by atoms with Crippen molar-refractivity contribution in [1.82, 2.24) is 10.2 Å². The van der Waals surface area contributed by atoms with E-state index in [1.54, 1.807) is 11.0 Å². The SMILES string of the molecule is CC1CC(C(=O)O)CN(C(=O)N[C@@H]2CCCc3ccc(F)cc32)C1. The van der Waals surface area contributed by atoms with Crippen LogP contribution in [0.3, 0.4) is 0 Å². The number of carbonyl (C=O) groups excluding carboxylic acids is 1. The summed E-state index contributed by atoms with van der Waals surface area (Å²) < 4.78 is 13.6. The highest BCUT2D eigenvalue weighted by atomic mass is 19.1. The molecule has 2 amide bonds. The van der Waals surface area contributed by atoms with Gasteiger partial charge in [-0.05, 0) is 54.9 Å². The van der Waals surface area contributed by atoms with E-state index in [0.29, 0.717) is 13.0 Å². The van der Waals surface area contributed by atoms with Crippen LogP contribution < -0.4 is 5.32 Å². The highest BCUT2D eigenvalue weighted by molar-refractivity contribution is 5.77. The van der Waals surface area contributed by atoms with Crippen LogP contribution in [-0.2, 0) is 11.2 Å². The van der Waals surface area contributed by atoms with Crippen molar-refractivity contribution in [3.8, 4) is 0 Å². The topological polar surface area (TPSA) is 69.6 Å². The van der Waals surface area contributed by atoms with Gasteiger partial charge < -0.3 is 15.3 Å². The van der Waals surface area contributed by atoms with Crippen LogP contribution in [0.5, 0.6) is 0 Å². The number of carboxylic acids is 1. The zero-order chi connectivity index (χ0) is 17.3. The molecule has 0 radical (unpaired) electrons. The van der Waals surface area contributed by atoms with Crippen molar-refractivity contribution < 1.29 is 19.1 Å². The number of amides is 2. The first-order chi connectivity index (χ1) is 11.4. The molecule has 2 aliphatic rings. The molecule has 2 N–H and O–H groups in total. The second-order valence-electron chi connectivity index (χ2n) is 7.02. The van der Waals surface area contributed by atoms with Crippen molar-refractivity contribution in [3.05, 3.63) is 35.1 Å². The zero-order valence-electron chi connectivity index (χ0n) is 13.8. The molecule has 1 aromatic rings. The summed E-state index contributed by atoms with van der Waals surface area (Å²) in [6, 6.07) is 4.27. The van der Waals surface area contributed by atoms with Gasteiger partial charge in [-0.3, -0.25) is 4.79 Å². The van der Waals surface area contributed by atoms with Crippen LogP contribution in [-0.4, -0.2) is 35.1 Å². The Morgan fingerprint density at radius 2 is 2.12 bits per heavy atom. The van der Waals surface area contributed by atoms with E-state index >= 15 is 0 Å². The molecule has 0 saturated carbocycles. The average molecular weight is 334 g/mol. The van der Waals surface area contributed by atoms with Gasteiger partial charge >= 0.3 is 12.0 Å². The van der Waals surface area contributed by atoms with E-state index in [2.05, 4.69) is 5.32 Å². The van der Waals surface area contributed by atoms with Gasteiger partial charge in [-0.25, -0.2) is 9.18 Å². The standard InChI is InChI=1S/C18H23FN2O3/c1-11-7-13(17(22)23)10-21(9-11)18(24)20-16-4-2-3-12-5-6-14(19)8-15(12)16/h5-6,8,11,13,16H,2-4,7,9-10H2,1H3,(H,20,24)(H,22,23)/t11?,13?,16-/m1/s1. The Bertz CT molecular complexity index is 649. The van der Waals surface area contributed by atoms with Crippen molar-refractivity contribution >= 4 is 12.0 Å². The van der Waals surface area contributed by atoms with Crippen LogP contribution in [0.4, 0.5) is 9.18 Å². The molecule has 5 nitrogen and oxygen atoms in total. The second kappa shape index (κ2) is 6.79. The summed E-state index contributed by atoms with van der Waals surface area (Å²) in [6.07, 6.45) is 3.20. The lowest BCUT2D eigenvalue weighted by Gasteiger charge is -2.36. The third-order valence-corrected chi connectivity index (χ3v) is 5.02. The van der Waals surface area contributed by atoms with Gasteiger partial charge in [0.1, 0.15) is 5.82 Å². The van der Waals surface area contributed by atoms with Crippen molar-refractivity contribution in [2.45, 2.75) is 38.6 Å². The molecule has 1 aliphatic carbocycles. The molecule has 0 bridgehead atoms. The number of nitrogens with zero attached hydrogens (tertiary/aromatic N) is 1. The van der Waals surface area contributed by atoms with Gasteiger partial charge in [0.2, 0.25) is 0 Å². The molecule has 1 aromatic carbocycles. The number of halogens is 1. The van der Waals surface area contributed by atoms with E-state index in [1.807, 2.05) is 6.92 Å². The molecule has 24 heavy (non-hydrogen) atoms. The Morgan fingerprint density at radius 3 is 2.88 bits per heavy atom. The molecule has 6 heteroatoms. The first kappa shape index (κ1) is 16.7. The van der Waals surface area contributed by atoms with Crippen LogP contribution in [0.15, 0.2) is 18.2 Å². The van der Waals surface area contributed by atoms with E-state index in [9.17, 15) is 19.1 Å². The molecule has 3 atom stereocenters. The van der Waals surface area contributed by atoms with E-state index in [4.69, 9.17) is 0 Å². The maximum atomic E-state index is 13.6. The number of benzene rings is 1. The van der Waals surface area contributed by atoms with Gasteiger partial charge in [0.25, 0.3) is 0 Å². The van der Waals surface area contributed by atoms with Crippen molar-refractivity contribution in [1.29, 1.82) is 0 Å². The van der Waals surface area contributed by atoms with Crippen molar-refractivity contribution in [3.63, 3.8) is 0 Å². The van der Waals surface area contributed by atoms with Gasteiger partial charge in [-0.1, -0.05) is 13.0 Å². The normalized spacial score (nSPS) is 26.6. The van der Waals surface area contributed by atoms with Crippen LogP contribution in [0.2, 0.25) is 0 Å². The third kappa shape index (κ3) is 3.52. The quantitative estimate of drug-likeness (QED) is 0.873. The van der Waals surface area contributed by atoms with Crippen molar-refractivity contribution in [2.24, 2.45) is 11.8 Å². The van der Waals surface area contributed by atoms with Gasteiger partial charge in [0.15, 0.2) is 0 Å². The summed E-state index contributed by atoms with van der Waals surface area (Å²) in [4.78, 5) is 25.4. The second-order valence-corrected chi connectivity index (χ2v) is 7.02. The molecule has 1 saturated heterocycles. The number of likely N-dealkylation sites (tertiary alicyclic amines) is 1. The third-order valence-electron chi connectivity index (χ3n) is 5.02. The minimum atomic E-state index is -0.857. The van der Waals surface area contributed by atoms with Gasteiger partial charge in [0, 0.05) is 13.1 Å². The monoisotopic (exact) mass is 334 g/mol. The number of hydrogen-bond acceptors (Lipinski definition) is 2. The number of hydrogen-bond donors (Lipinski definition) is 2. The number of nitrogens with one attached hydrogen (secondary N) is 1. The summed E-state index contributed by atoms with van der Waals surface area (Å²) >= 11 is 0. The summed E-state index contributed by atoms with van der Waals surface area (Å²) in [5.41, 5.74) is 1.91. The molecular formula is C18H23FN2O3. The smallest absolute Gasteiger partial charge is 0.317 e. The molecule has 1 fully saturated rings. The fourth-order valence-corrected chi connectivity index (χ4v) is 3.86. The largest absolute Gasteiger partial charge is 0.481 e. The van der Waals surface area contributed by atoms with Gasteiger partial charge in [-0.2, -0.15) is 0 Å². The first-order valence-corrected chi connectivity index (χ1v) is 8.50. The number of rotatable bonds is 2. The molecule has 1 aliphatic heterocycles. The van der Waals surface area contributed by atoms with Crippen LogP contribution in [0, 0.1) is 17.7 Å². The minimum Gasteiger partial charge on any atom is -0.481 e. The van der Waals surface area contributed by atoms with E-state index in [-0.39, 0.29) is 30.4 Å². The van der Waals surface area contributed by atoms with E-state index in [0.717, 1.165) is 30.4 Å². The number of urea groups is 1. The highest BCUT2D eigenvalue weighted by Crippen LogP contribution is 2.31. The minimum absolute atomic E-state index is 0.154. The summed E-state index contributed by atoms with van der Waals surface area (Å²) in [5.74, 6) is -1.52.